The molecule has 4 nitrogen and oxygen atoms in total. The maximum absolute atomic E-state index is 12.1. The summed E-state index contributed by atoms with van der Waals surface area (Å²) in [7, 11) is 0. The van der Waals surface area contributed by atoms with Gasteiger partial charge in [-0.1, -0.05) is 44.2 Å². The molecule has 0 spiro atoms. The van der Waals surface area contributed by atoms with E-state index in [1.54, 1.807) is 6.20 Å². The molecule has 138 valence electrons. The van der Waals surface area contributed by atoms with Crippen LogP contribution in [-0.2, 0) is 17.7 Å². The largest absolute Gasteiger partial charge is 0.462 e. The van der Waals surface area contributed by atoms with Crippen LogP contribution in [0.4, 0.5) is 5.69 Å². The lowest BCUT2D eigenvalue weighted by atomic mass is 9.84. The number of rotatable bonds is 7. The van der Waals surface area contributed by atoms with E-state index in [2.05, 4.69) is 22.4 Å². The first-order chi connectivity index (χ1) is 12.8. The molecule has 0 unspecified atom stereocenters. The number of esters is 1. The van der Waals surface area contributed by atoms with Gasteiger partial charge in [-0.3, -0.25) is 4.98 Å². The fraction of sp³-hybridized carbons (Fsp3) is 0.455. The number of hydrogen-bond acceptors (Lipinski definition) is 4. The van der Waals surface area contributed by atoms with Gasteiger partial charge in [0, 0.05) is 24.6 Å². The van der Waals surface area contributed by atoms with Gasteiger partial charge in [-0.05, 0) is 48.6 Å². The van der Waals surface area contributed by atoms with Gasteiger partial charge in [0.1, 0.15) is 0 Å². The minimum absolute atomic E-state index is 0.263. The fourth-order valence-corrected chi connectivity index (χ4v) is 3.66. The van der Waals surface area contributed by atoms with Gasteiger partial charge in [-0.15, -0.1) is 0 Å². The molecule has 0 saturated heterocycles. The maximum atomic E-state index is 12.1. The molecule has 1 aliphatic carbocycles. The lowest BCUT2D eigenvalue weighted by Crippen LogP contribution is -2.12. The van der Waals surface area contributed by atoms with E-state index in [1.807, 2.05) is 31.3 Å². The van der Waals surface area contributed by atoms with Crippen LogP contribution in [-0.4, -0.2) is 17.6 Å². The van der Waals surface area contributed by atoms with Crippen molar-refractivity contribution in [3.8, 4) is 0 Å². The van der Waals surface area contributed by atoms with Crippen molar-refractivity contribution in [2.75, 3.05) is 11.9 Å². The van der Waals surface area contributed by atoms with Crippen LogP contribution < -0.4 is 5.32 Å². The number of pyridine rings is 1. The number of benzene rings is 1. The van der Waals surface area contributed by atoms with E-state index in [0.29, 0.717) is 18.7 Å². The van der Waals surface area contributed by atoms with E-state index in [0.717, 1.165) is 23.6 Å². The molecule has 1 heterocycles. The van der Waals surface area contributed by atoms with E-state index in [-0.39, 0.29) is 5.97 Å². The monoisotopic (exact) mass is 352 g/mol. The van der Waals surface area contributed by atoms with Crippen molar-refractivity contribution in [2.45, 2.75) is 52.0 Å². The number of carbonyl (C=O) groups is 1. The number of anilines is 1. The molecule has 1 aromatic heterocycles. The van der Waals surface area contributed by atoms with Gasteiger partial charge in [0.2, 0.25) is 0 Å². The Bertz CT molecular complexity index is 709. The molecule has 26 heavy (non-hydrogen) atoms. The van der Waals surface area contributed by atoms with E-state index in [9.17, 15) is 4.79 Å². The van der Waals surface area contributed by atoms with E-state index in [1.165, 1.54) is 37.7 Å². The Hall–Kier alpha value is -2.36. The highest BCUT2D eigenvalue weighted by Crippen LogP contribution is 2.30. The van der Waals surface area contributed by atoms with Crippen LogP contribution in [0.1, 0.15) is 60.5 Å². The summed E-state index contributed by atoms with van der Waals surface area (Å²) >= 11 is 0. The number of nitrogens with one attached hydrogen (secondary N) is 1. The van der Waals surface area contributed by atoms with Gasteiger partial charge in [-0.2, -0.15) is 0 Å². The first-order valence-electron chi connectivity index (χ1n) is 9.69. The summed E-state index contributed by atoms with van der Waals surface area (Å²) in [5.74, 6) is 0.484. The first-order valence-corrected chi connectivity index (χ1v) is 9.69. The Morgan fingerprint density at radius 3 is 2.81 bits per heavy atom. The molecule has 3 rings (SSSR count). The summed E-state index contributed by atoms with van der Waals surface area (Å²) < 4.78 is 5.16. The third-order valence-corrected chi connectivity index (χ3v) is 5.06. The molecule has 1 aromatic carbocycles. The van der Waals surface area contributed by atoms with E-state index < -0.39 is 0 Å². The van der Waals surface area contributed by atoms with Crippen LogP contribution in [0.5, 0.6) is 0 Å². The zero-order chi connectivity index (χ0) is 18.2. The predicted octanol–water partition coefficient (Wildman–Crippen LogP) is 4.99. The SMILES string of the molecule is CCOC(=O)c1ccc(CC2CCCCC2)c(NCc2cccnc2)c1. The average molecular weight is 352 g/mol. The van der Waals surface area contributed by atoms with Gasteiger partial charge in [0.05, 0.1) is 12.2 Å². The first kappa shape index (κ1) is 18.4. The van der Waals surface area contributed by atoms with Gasteiger partial charge in [-0.25, -0.2) is 4.79 Å². The van der Waals surface area contributed by atoms with Crippen molar-refractivity contribution in [3.05, 3.63) is 59.4 Å². The Balaban J connectivity index is 1.78. The van der Waals surface area contributed by atoms with Crippen molar-refractivity contribution in [2.24, 2.45) is 5.92 Å². The molecule has 0 bridgehead atoms. The van der Waals surface area contributed by atoms with Crippen molar-refractivity contribution >= 4 is 11.7 Å². The molecule has 1 aliphatic rings. The second-order valence-electron chi connectivity index (χ2n) is 7.02. The quantitative estimate of drug-likeness (QED) is 0.713. The number of aromatic nitrogens is 1. The molecular formula is C22H28N2O2. The Morgan fingerprint density at radius 1 is 1.23 bits per heavy atom. The zero-order valence-electron chi connectivity index (χ0n) is 15.5. The molecule has 1 fully saturated rings. The van der Waals surface area contributed by atoms with E-state index >= 15 is 0 Å². The standard InChI is InChI=1S/C22H28N2O2/c1-2-26-22(25)20-11-10-19(13-17-7-4-3-5-8-17)21(14-20)24-16-18-9-6-12-23-15-18/h6,9-12,14-15,17,24H,2-5,7-8,13,16H2,1H3. The zero-order valence-corrected chi connectivity index (χ0v) is 15.5. The predicted molar refractivity (Wildman–Crippen MR) is 104 cm³/mol. The molecule has 0 radical (unpaired) electrons. The molecule has 4 heteroatoms. The lowest BCUT2D eigenvalue weighted by Gasteiger charge is -2.23. The van der Waals surface area contributed by atoms with Crippen LogP contribution >= 0.6 is 0 Å². The highest BCUT2D eigenvalue weighted by molar-refractivity contribution is 5.90. The molecular weight excluding hydrogens is 324 g/mol. The van der Waals surface area contributed by atoms with Crippen LogP contribution in [0.3, 0.4) is 0 Å². The van der Waals surface area contributed by atoms with Crippen molar-refractivity contribution in [1.29, 1.82) is 0 Å². The summed E-state index contributed by atoms with van der Waals surface area (Å²) in [5.41, 5.74) is 4.05. The second-order valence-corrected chi connectivity index (χ2v) is 7.02. The van der Waals surface area contributed by atoms with Gasteiger partial charge in [0.15, 0.2) is 0 Å². The summed E-state index contributed by atoms with van der Waals surface area (Å²) in [6, 6.07) is 9.91. The molecule has 2 aromatic rings. The highest BCUT2D eigenvalue weighted by atomic mass is 16.5. The molecule has 0 aliphatic heterocycles. The van der Waals surface area contributed by atoms with Crippen molar-refractivity contribution < 1.29 is 9.53 Å². The Morgan fingerprint density at radius 2 is 2.08 bits per heavy atom. The van der Waals surface area contributed by atoms with Gasteiger partial charge >= 0.3 is 5.97 Å². The third-order valence-electron chi connectivity index (χ3n) is 5.06. The minimum atomic E-state index is -0.263. The molecule has 0 amide bonds. The molecule has 1 N–H and O–H groups in total. The smallest absolute Gasteiger partial charge is 0.338 e. The Labute approximate surface area is 156 Å². The number of hydrogen-bond donors (Lipinski definition) is 1. The summed E-state index contributed by atoms with van der Waals surface area (Å²) in [6.07, 6.45) is 11.4. The number of carbonyl (C=O) groups excluding carboxylic acids is 1. The fourth-order valence-electron chi connectivity index (χ4n) is 3.66. The number of ether oxygens (including phenoxy) is 1. The highest BCUT2D eigenvalue weighted by Gasteiger charge is 2.17. The van der Waals surface area contributed by atoms with Gasteiger partial charge < -0.3 is 10.1 Å². The van der Waals surface area contributed by atoms with E-state index in [4.69, 9.17) is 4.74 Å². The average Bonchev–Trinajstić information content (AvgIpc) is 2.69. The lowest BCUT2D eigenvalue weighted by molar-refractivity contribution is 0.0526. The van der Waals surface area contributed by atoms with Crippen molar-refractivity contribution in [1.82, 2.24) is 4.98 Å². The molecule has 1 saturated carbocycles. The normalized spacial score (nSPS) is 14.8. The second kappa shape index (κ2) is 9.37. The van der Waals surface area contributed by atoms with Crippen LogP contribution in [0, 0.1) is 5.92 Å². The minimum Gasteiger partial charge on any atom is -0.462 e. The summed E-state index contributed by atoms with van der Waals surface area (Å²) in [6.45, 7) is 2.91. The topological polar surface area (TPSA) is 51.2 Å². The van der Waals surface area contributed by atoms with Crippen LogP contribution in [0.15, 0.2) is 42.7 Å². The van der Waals surface area contributed by atoms with Crippen LogP contribution in [0.25, 0.3) is 0 Å². The Kier molecular flexibility index (Phi) is 6.64. The summed E-state index contributed by atoms with van der Waals surface area (Å²) in [5, 5.41) is 3.51. The summed E-state index contributed by atoms with van der Waals surface area (Å²) in [4.78, 5) is 16.3. The third kappa shape index (κ3) is 5.07. The van der Waals surface area contributed by atoms with Crippen molar-refractivity contribution in [3.63, 3.8) is 0 Å². The van der Waals surface area contributed by atoms with Gasteiger partial charge in [0.25, 0.3) is 0 Å². The maximum Gasteiger partial charge on any atom is 0.338 e. The van der Waals surface area contributed by atoms with Crippen LogP contribution in [0.2, 0.25) is 0 Å². The molecule has 0 atom stereocenters. The number of nitrogens with zero attached hydrogens (tertiary/aromatic N) is 1.